The second-order valence-electron chi connectivity index (χ2n) is 7.90. The quantitative estimate of drug-likeness (QED) is 0.391. The second-order valence-corrected chi connectivity index (χ2v) is 9.76. The van der Waals surface area contributed by atoms with Crippen LogP contribution in [-0.2, 0) is 11.3 Å². The lowest BCUT2D eigenvalue weighted by Gasteiger charge is -2.15. The summed E-state index contributed by atoms with van der Waals surface area (Å²) in [7, 11) is 0. The first kappa shape index (κ1) is 25.0. The molecular formula is C24H28BrN5O2S. The minimum atomic E-state index is -0.331. The van der Waals surface area contributed by atoms with Crippen LogP contribution in [0.2, 0.25) is 0 Å². The van der Waals surface area contributed by atoms with Gasteiger partial charge < -0.3 is 15.2 Å². The van der Waals surface area contributed by atoms with Crippen LogP contribution in [0.1, 0.15) is 52.8 Å². The highest BCUT2D eigenvalue weighted by atomic mass is 79.9. The number of amides is 2. The van der Waals surface area contributed by atoms with Crippen LogP contribution in [0.25, 0.3) is 0 Å². The molecule has 9 heteroatoms. The van der Waals surface area contributed by atoms with E-state index in [0.717, 1.165) is 26.9 Å². The maximum atomic E-state index is 12.6. The lowest BCUT2D eigenvalue weighted by Crippen LogP contribution is -2.28. The number of aromatic nitrogens is 3. The van der Waals surface area contributed by atoms with Crippen molar-refractivity contribution in [1.82, 2.24) is 20.1 Å². The molecule has 0 aliphatic heterocycles. The Labute approximate surface area is 206 Å². The van der Waals surface area contributed by atoms with Gasteiger partial charge in [-0.25, -0.2) is 0 Å². The Hall–Kier alpha value is -2.65. The van der Waals surface area contributed by atoms with E-state index < -0.39 is 0 Å². The first-order chi connectivity index (χ1) is 15.7. The maximum absolute atomic E-state index is 12.6. The van der Waals surface area contributed by atoms with Gasteiger partial charge in [-0.3, -0.25) is 9.59 Å². The van der Waals surface area contributed by atoms with Gasteiger partial charge in [0.25, 0.3) is 5.91 Å². The Bertz CT molecular complexity index is 1140. The van der Waals surface area contributed by atoms with Crippen molar-refractivity contribution < 1.29 is 9.59 Å². The fraction of sp³-hybridized carbons (Fsp3) is 0.333. The number of hydrogen-bond acceptors (Lipinski definition) is 5. The van der Waals surface area contributed by atoms with Gasteiger partial charge in [0.05, 0.1) is 11.8 Å². The number of aryl methyl sites for hydroxylation is 3. The van der Waals surface area contributed by atoms with Crippen molar-refractivity contribution in [3.63, 3.8) is 0 Å². The zero-order chi connectivity index (χ0) is 24.1. The third-order valence-electron chi connectivity index (χ3n) is 5.20. The number of nitrogens with zero attached hydrogens (tertiary/aromatic N) is 3. The van der Waals surface area contributed by atoms with Crippen molar-refractivity contribution in [2.24, 2.45) is 0 Å². The molecule has 7 nitrogen and oxygen atoms in total. The van der Waals surface area contributed by atoms with Crippen LogP contribution < -0.4 is 10.6 Å². The number of halogens is 1. The number of rotatable bonds is 8. The van der Waals surface area contributed by atoms with Crippen molar-refractivity contribution in [3.8, 4) is 0 Å². The summed E-state index contributed by atoms with van der Waals surface area (Å²) in [5.41, 5.74) is 4.52. The van der Waals surface area contributed by atoms with Crippen molar-refractivity contribution in [2.45, 2.75) is 52.4 Å². The van der Waals surface area contributed by atoms with E-state index in [9.17, 15) is 9.59 Å². The SMILES string of the molecule is CCn1c(SCC(=O)Nc2c(C)cc(Br)cc2C)nnc1[C@@H](C)NC(=O)c1ccc(C)cc1. The highest BCUT2D eigenvalue weighted by molar-refractivity contribution is 9.10. The zero-order valence-corrected chi connectivity index (χ0v) is 21.8. The molecule has 0 aliphatic rings. The molecule has 3 aromatic rings. The van der Waals surface area contributed by atoms with E-state index in [4.69, 9.17) is 0 Å². The van der Waals surface area contributed by atoms with Gasteiger partial charge in [-0.05, 0) is 70.0 Å². The largest absolute Gasteiger partial charge is 0.342 e. The van der Waals surface area contributed by atoms with Crippen LogP contribution in [0.15, 0.2) is 46.0 Å². The Morgan fingerprint density at radius 2 is 1.73 bits per heavy atom. The summed E-state index contributed by atoms with van der Waals surface area (Å²) in [4.78, 5) is 25.2. The molecule has 0 unspecified atom stereocenters. The highest BCUT2D eigenvalue weighted by Crippen LogP contribution is 2.26. The molecule has 0 spiro atoms. The van der Waals surface area contributed by atoms with E-state index in [1.807, 2.05) is 63.5 Å². The monoisotopic (exact) mass is 529 g/mol. The molecule has 3 rings (SSSR count). The van der Waals surface area contributed by atoms with Crippen molar-refractivity contribution >= 4 is 45.2 Å². The zero-order valence-electron chi connectivity index (χ0n) is 19.4. The molecule has 2 amide bonds. The lowest BCUT2D eigenvalue weighted by molar-refractivity contribution is -0.113. The van der Waals surface area contributed by atoms with E-state index >= 15 is 0 Å². The average molecular weight is 530 g/mol. The van der Waals surface area contributed by atoms with Gasteiger partial charge in [-0.1, -0.05) is 45.4 Å². The number of nitrogens with one attached hydrogen (secondary N) is 2. The summed E-state index contributed by atoms with van der Waals surface area (Å²) >= 11 is 4.80. The van der Waals surface area contributed by atoms with Gasteiger partial charge in [-0.2, -0.15) is 0 Å². The summed E-state index contributed by atoms with van der Waals surface area (Å²) in [6.45, 7) is 10.4. The standard InChI is InChI=1S/C24H28BrN5O2S/c1-6-30-22(17(5)26-23(32)18-9-7-14(2)8-10-18)28-29-24(30)33-13-20(31)27-21-15(3)11-19(25)12-16(21)4/h7-12,17H,6,13H2,1-5H3,(H,26,32)(H,27,31)/t17-/m1/s1. The fourth-order valence-electron chi connectivity index (χ4n) is 3.49. The normalized spacial score (nSPS) is 11.8. The van der Waals surface area contributed by atoms with Crippen LogP contribution in [0.3, 0.4) is 0 Å². The lowest BCUT2D eigenvalue weighted by atomic mass is 10.1. The predicted molar refractivity (Wildman–Crippen MR) is 136 cm³/mol. The Morgan fingerprint density at radius 1 is 1.09 bits per heavy atom. The first-order valence-electron chi connectivity index (χ1n) is 10.7. The first-order valence-corrected chi connectivity index (χ1v) is 12.5. The van der Waals surface area contributed by atoms with E-state index in [0.29, 0.717) is 23.1 Å². The molecule has 0 bridgehead atoms. The third-order valence-corrected chi connectivity index (χ3v) is 6.63. The highest BCUT2D eigenvalue weighted by Gasteiger charge is 2.20. The minimum Gasteiger partial charge on any atom is -0.342 e. The minimum absolute atomic E-state index is 0.110. The Morgan fingerprint density at radius 3 is 2.33 bits per heavy atom. The van der Waals surface area contributed by atoms with E-state index in [2.05, 4.69) is 36.8 Å². The summed E-state index contributed by atoms with van der Waals surface area (Å²) in [6.07, 6.45) is 0. The fourth-order valence-corrected chi connectivity index (χ4v) is 4.98. The van der Waals surface area contributed by atoms with Gasteiger partial charge in [0.15, 0.2) is 11.0 Å². The molecule has 2 aromatic carbocycles. The number of hydrogen-bond donors (Lipinski definition) is 2. The van der Waals surface area contributed by atoms with Gasteiger partial charge in [0.1, 0.15) is 0 Å². The van der Waals surface area contributed by atoms with Crippen molar-refractivity contribution in [3.05, 3.63) is 68.9 Å². The van der Waals surface area contributed by atoms with E-state index in [1.54, 1.807) is 12.1 Å². The molecule has 174 valence electrons. The number of benzene rings is 2. The van der Waals surface area contributed by atoms with Gasteiger partial charge in [0, 0.05) is 22.3 Å². The maximum Gasteiger partial charge on any atom is 0.251 e. The molecular weight excluding hydrogens is 502 g/mol. The molecule has 0 saturated carbocycles. The van der Waals surface area contributed by atoms with Crippen LogP contribution >= 0.6 is 27.7 Å². The van der Waals surface area contributed by atoms with E-state index in [-0.39, 0.29) is 23.6 Å². The number of carbonyl (C=O) groups excluding carboxylic acids is 2. The summed E-state index contributed by atoms with van der Waals surface area (Å²) in [6, 6.07) is 11.0. The molecule has 33 heavy (non-hydrogen) atoms. The van der Waals surface area contributed by atoms with Gasteiger partial charge >= 0.3 is 0 Å². The topological polar surface area (TPSA) is 88.9 Å². The van der Waals surface area contributed by atoms with Crippen LogP contribution in [0, 0.1) is 20.8 Å². The number of thioether (sulfide) groups is 1. The van der Waals surface area contributed by atoms with E-state index in [1.165, 1.54) is 11.8 Å². The molecule has 0 saturated heterocycles. The Kier molecular flexibility index (Phi) is 8.31. The smallest absolute Gasteiger partial charge is 0.251 e. The second kappa shape index (κ2) is 11.0. The number of anilines is 1. The summed E-state index contributed by atoms with van der Waals surface area (Å²) in [5.74, 6) is 0.584. The average Bonchev–Trinajstić information content (AvgIpc) is 3.18. The molecule has 1 heterocycles. The third kappa shape index (κ3) is 6.23. The van der Waals surface area contributed by atoms with Gasteiger partial charge in [0.2, 0.25) is 5.91 Å². The molecule has 2 N–H and O–H groups in total. The van der Waals surface area contributed by atoms with Gasteiger partial charge in [-0.15, -0.1) is 10.2 Å². The molecule has 0 aliphatic carbocycles. The van der Waals surface area contributed by atoms with Crippen molar-refractivity contribution in [1.29, 1.82) is 0 Å². The van der Waals surface area contributed by atoms with Crippen molar-refractivity contribution in [2.75, 3.05) is 11.1 Å². The van der Waals surface area contributed by atoms with Crippen LogP contribution in [0.5, 0.6) is 0 Å². The summed E-state index contributed by atoms with van der Waals surface area (Å²) < 4.78 is 2.91. The van der Waals surface area contributed by atoms with Crippen LogP contribution in [-0.4, -0.2) is 32.3 Å². The molecule has 1 aromatic heterocycles. The predicted octanol–water partition coefficient (Wildman–Crippen LogP) is 5.21. The molecule has 1 atom stereocenters. The molecule has 0 fully saturated rings. The summed E-state index contributed by atoms with van der Waals surface area (Å²) in [5, 5.41) is 15.2. The number of carbonyl (C=O) groups is 2. The molecule has 0 radical (unpaired) electrons. The van der Waals surface area contributed by atoms with Crippen LogP contribution in [0.4, 0.5) is 5.69 Å². The Balaban J connectivity index is 1.64.